The normalized spacial score (nSPS) is 11.7. The van der Waals surface area contributed by atoms with Crippen molar-refractivity contribution in [3.05, 3.63) is 35.4 Å². The highest BCUT2D eigenvalue weighted by Gasteiger charge is 2.31. The van der Waals surface area contributed by atoms with Crippen LogP contribution in [0.15, 0.2) is 40.6 Å². The number of ether oxygens (including phenoxy) is 4. The van der Waals surface area contributed by atoms with E-state index in [1.807, 2.05) is 6.92 Å². The third kappa shape index (κ3) is 6.06. The molecule has 0 heterocycles. The van der Waals surface area contributed by atoms with Crippen LogP contribution in [0.2, 0.25) is 5.02 Å². The van der Waals surface area contributed by atoms with E-state index >= 15 is 0 Å². The number of para-hydroxylation sites is 1. The van der Waals surface area contributed by atoms with Gasteiger partial charge in [-0.2, -0.15) is 10.2 Å². The Bertz CT molecular complexity index is 1030. The van der Waals surface area contributed by atoms with Gasteiger partial charge in [-0.3, -0.25) is 9.59 Å². The van der Waals surface area contributed by atoms with Crippen LogP contribution in [0.1, 0.15) is 20.8 Å². The summed E-state index contributed by atoms with van der Waals surface area (Å²) in [4.78, 5) is 25.4. The first-order chi connectivity index (χ1) is 15.8. The number of hydrogen-bond donors (Lipinski definition) is 0. The summed E-state index contributed by atoms with van der Waals surface area (Å²) in [5, 5.41) is 8.27. The van der Waals surface area contributed by atoms with Crippen molar-refractivity contribution < 1.29 is 28.5 Å². The van der Waals surface area contributed by atoms with Gasteiger partial charge < -0.3 is 18.9 Å². The van der Waals surface area contributed by atoms with E-state index in [9.17, 15) is 9.59 Å². The number of methoxy groups -OCH3 is 2. The van der Waals surface area contributed by atoms with Gasteiger partial charge in [-0.1, -0.05) is 17.7 Å². The molecule has 11 heteroatoms. The maximum Gasteiger partial charge on any atom is 0.276 e. The number of ketones is 1. The number of Topliss-reactive ketones (excluding diaryl/α,β-unsaturated/α-hetero) is 1. The number of carbonyl (C=O) groups is 2. The molecular weight excluding hydrogens is 473 g/mol. The summed E-state index contributed by atoms with van der Waals surface area (Å²) < 4.78 is 22.5. The third-order valence-corrected chi connectivity index (χ3v) is 4.95. The molecule has 9 nitrogen and oxygen atoms in total. The van der Waals surface area contributed by atoms with Gasteiger partial charge in [0.2, 0.25) is 6.04 Å². The standard InChI is InChI=1S/C22H25Cl2N3O6/c1-6-32-17-10-8-9-16(21(17)33-7-2)27(24)22(29)18(13(3)28)26-25-15-12-11-14(23)19(30-4)20(15)31-5/h8-12,18H,6-7H2,1-5H3. The van der Waals surface area contributed by atoms with Gasteiger partial charge in [0.15, 0.2) is 28.8 Å². The van der Waals surface area contributed by atoms with Crippen LogP contribution in [-0.2, 0) is 9.59 Å². The van der Waals surface area contributed by atoms with Crippen LogP contribution in [0, 0.1) is 0 Å². The fourth-order valence-electron chi connectivity index (χ4n) is 2.86. The lowest BCUT2D eigenvalue weighted by Crippen LogP contribution is -2.36. The maximum absolute atomic E-state index is 13.1. The van der Waals surface area contributed by atoms with Crippen LogP contribution in [0.5, 0.6) is 23.0 Å². The summed E-state index contributed by atoms with van der Waals surface area (Å²) in [5.41, 5.74) is 0.425. The average Bonchev–Trinajstić information content (AvgIpc) is 2.80. The Hall–Kier alpha value is -3.04. The Kier molecular flexibility index (Phi) is 9.74. The van der Waals surface area contributed by atoms with Crippen LogP contribution in [0.25, 0.3) is 0 Å². The predicted octanol–water partition coefficient (Wildman–Crippen LogP) is 5.38. The summed E-state index contributed by atoms with van der Waals surface area (Å²) in [6.45, 7) is 5.51. The molecule has 0 N–H and O–H groups in total. The molecule has 0 fully saturated rings. The summed E-state index contributed by atoms with van der Waals surface area (Å²) in [6, 6.07) is 6.45. The molecule has 0 saturated carbocycles. The van der Waals surface area contributed by atoms with Crippen molar-refractivity contribution >= 4 is 46.4 Å². The fourth-order valence-corrected chi connectivity index (χ4v) is 3.31. The highest BCUT2D eigenvalue weighted by Crippen LogP contribution is 2.43. The molecule has 2 rings (SSSR count). The lowest BCUT2D eigenvalue weighted by Gasteiger charge is -2.21. The number of azo groups is 1. The highest BCUT2D eigenvalue weighted by atomic mass is 35.5. The van der Waals surface area contributed by atoms with Crippen molar-refractivity contribution in [2.24, 2.45) is 10.2 Å². The summed E-state index contributed by atoms with van der Waals surface area (Å²) >= 11 is 12.4. The Morgan fingerprint density at radius 3 is 2.24 bits per heavy atom. The molecule has 0 saturated heterocycles. The van der Waals surface area contributed by atoms with Gasteiger partial charge in [-0.15, -0.1) is 0 Å². The fraction of sp³-hybridized carbons (Fsp3) is 0.364. The Balaban J connectivity index is 2.43. The zero-order valence-electron chi connectivity index (χ0n) is 18.9. The number of hydrogen-bond acceptors (Lipinski definition) is 8. The van der Waals surface area contributed by atoms with Crippen LogP contribution < -0.4 is 23.4 Å². The van der Waals surface area contributed by atoms with Crippen molar-refractivity contribution in [2.75, 3.05) is 31.9 Å². The topological polar surface area (TPSA) is 99.0 Å². The SMILES string of the molecule is CCOc1cccc(N(Cl)C(=O)C(N=Nc2ccc(Cl)c(OC)c2OC)C(C)=O)c1OCC. The maximum atomic E-state index is 13.1. The number of nitrogens with zero attached hydrogens (tertiary/aromatic N) is 3. The number of rotatable bonds is 11. The first-order valence-electron chi connectivity index (χ1n) is 10.0. The number of anilines is 1. The zero-order chi connectivity index (χ0) is 24.5. The third-order valence-electron chi connectivity index (χ3n) is 4.30. The number of benzene rings is 2. The van der Waals surface area contributed by atoms with Gasteiger partial charge in [-0.05, 0) is 45.0 Å². The molecule has 178 valence electrons. The van der Waals surface area contributed by atoms with Crippen LogP contribution >= 0.6 is 23.4 Å². The minimum Gasteiger partial charge on any atom is -0.491 e. The van der Waals surface area contributed by atoms with Gasteiger partial charge in [0.25, 0.3) is 5.91 Å². The molecule has 2 aromatic carbocycles. The lowest BCUT2D eigenvalue weighted by molar-refractivity contribution is -0.126. The van der Waals surface area contributed by atoms with E-state index < -0.39 is 17.7 Å². The van der Waals surface area contributed by atoms with Crippen molar-refractivity contribution in [1.82, 2.24) is 0 Å². The second kappa shape index (κ2) is 12.3. The molecule has 1 amide bonds. The van der Waals surface area contributed by atoms with Gasteiger partial charge in [0.05, 0.1) is 32.5 Å². The lowest BCUT2D eigenvalue weighted by atomic mass is 10.2. The van der Waals surface area contributed by atoms with Crippen molar-refractivity contribution in [3.8, 4) is 23.0 Å². The number of halogens is 2. The van der Waals surface area contributed by atoms with E-state index in [4.69, 9.17) is 42.3 Å². The molecule has 0 aromatic heterocycles. The Labute approximate surface area is 202 Å². The second-order valence-corrected chi connectivity index (χ2v) is 7.20. The molecular formula is C22H25Cl2N3O6. The number of amides is 1. The average molecular weight is 498 g/mol. The highest BCUT2D eigenvalue weighted by molar-refractivity contribution is 6.39. The smallest absolute Gasteiger partial charge is 0.276 e. The van der Waals surface area contributed by atoms with E-state index in [0.717, 1.165) is 4.42 Å². The first-order valence-corrected chi connectivity index (χ1v) is 10.7. The monoisotopic (exact) mass is 497 g/mol. The van der Waals surface area contributed by atoms with Crippen LogP contribution in [-0.4, -0.2) is 45.2 Å². The predicted molar refractivity (Wildman–Crippen MR) is 126 cm³/mol. The summed E-state index contributed by atoms with van der Waals surface area (Å²) in [6.07, 6.45) is 0. The minimum absolute atomic E-state index is 0.203. The van der Waals surface area contributed by atoms with Gasteiger partial charge in [0, 0.05) is 11.8 Å². The summed E-state index contributed by atoms with van der Waals surface area (Å²) in [5.74, 6) is -0.248. The molecule has 0 bridgehead atoms. The molecule has 1 atom stereocenters. The zero-order valence-corrected chi connectivity index (χ0v) is 20.4. The molecule has 0 aliphatic rings. The van der Waals surface area contributed by atoms with E-state index in [1.54, 1.807) is 25.1 Å². The molecule has 33 heavy (non-hydrogen) atoms. The quantitative estimate of drug-likeness (QED) is 0.234. The Morgan fingerprint density at radius 2 is 1.67 bits per heavy atom. The van der Waals surface area contributed by atoms with Crippen molar-refractivity contribution in [1.29, 1.82) is 0 Å². The first kappa shape index (κ1) is 26.2. The van der Waals surface area contributed by atoms with Crippen LogP contribution in [0.4, 0.5) is 11.4 Å². The van der Waals surface area contributed by atoms with Crippen molar-refractivity contribution in [2.45, 2.75) is 26.8 Å². The minimum atomic E-state index is -1.51. The van der Waals surface area contributed by atoms with Gasteiger partial charge in [0.1, 0.15) is 11.4 Å². The molecule has 0 spiro atoms. The van der Waals surface area contributed by atoms with E-state index in [-0.39, 0.29) is 28.6 Å². The largest absolute Gasteiger partial charge is 0.491 e. The summed E-state index contributed by atoms with van der Waals surface area (Å²) in [7, 11) is 2.83. The Morgan fingerprint density at radius 1 is 1.00 bits per heavy atom. The molecule has 0 aliphatic heterocycles. The van der Waals surface area contributed by atoms with Crippen LogP contribution in [0.3, 0.4) is 0 Å². The van der Waals surface area contributed by atoms with E-state index in [1.165, 1.54) is 33.3 Å². The molecule has 0 radical (unpaired) electrons. The molecule has 2 aromatic rings. The van der Waals surface area contributed by atoms with E-state index in [0.29, 0.717) is 24.0 Å². The molecule has 1 unspecified atom stereocenters. The second-order valence-electron chi connectivity index (χ2n) is 6.45. The van der Waals surface area contributed by atoms with Gasteiger partial charge >= 0.3 is 0 Å². The van der Waals surface area contributed by atoms with Gasteiger partial charge in [-0.25, -0.2) is 4.42 Å². The van der Waals surface area contributed by atoms with E-state index in [2.05, 4.69) is 10.2 Å². The molecule has 0 aliphatic carbocycles. The van der Waals surface area contributed by atoms with Crippen molar-refractivity contribution in [3.63, 3.8) is 0 Å². The number of carbonyl (C=O) groups excluding carboxylic acids is 2.